The lowest BCUT2D eigenvalue weighted by molar-refractivity contribution is -0.116. The van der Waals surface area contributed by atoms with Gasteiger partial charge in [-0.3, -0.25) is 9.48 Å². The molecule has 7 nitrogen and oxygen atoms in total. The third kappa shape index (κ3) is 4.86. The van der Waals surface area contributed by atoms with Crippen LogP contribution in [-0.2, 0) is 17.8 Å². The number of nitriles is 1. The lowest BCUT2D eigenvalue weighted by Crippen LogP contribution is -2.12. The van der Waals surface area contributed by atoms with Crippen molar-refractivity contribution in [2.75, 3.05) is 12.4 Å². The van der Waals surface area contributed by atoms with E-state index in [4.69, 9.17) is 10.00 Å². The molecule has 1 aromatic carbocycles. The van der Waals surface area contributed by atoms with Gasteiger partial charge in [-0.2, -0.15) is 10.4 Å². The zero-order chi connectivity index (χ0) is 21.7. The van der Waals surface area contributed by atoms with Crippen LogP contribution in [0.1, 0.15) is 34.7 Å². The highest BCUT2D eigenvalue weighted by Gasteiger charge is 2.15. The van der Waals surface area contributed by atoms with E-state index in [1.54, 1.807) is 7.11 Å². The second-order valence-corrected chi connectivity index (χ2v) is 8.18. The van der Waals surface area contributed by atoms with Gasteiger partial charge in [-0.25, -0.2) is 4.98 Å². The summed E-state index contributed by atoms with van der Waals surface area (Å²) in [4.78, 5) is 18.1. The number of nitrogens with one attached hydrogen (secondary N) is 1. The first-order valence-electron chi connectivity index (χ1n) is 9.74. The van der Waals surface area contributed by atoms with Gasteiger partial charge in [-0.1, -0.05) is 0 Å². The number of benzene rings is 1. The van der Waals surface area contributed by atoms with Gasteiger partial charge in [0.1, 0.15) is 5.75 Å². The molecule has 0 fully saturated rings. The summed E-state index contributed by atoms with van der Waals surface area (Å²) in [6, 6.07) is 9.85. The number of thiazole rings is 1. The molecule has 2 heterocycles. The van der Waals surface area contributed by atoms with Crippen LogP contribution in [0.3, 0.4) is 0 Å². The molecule has 0 aliphatic rings. The average Bonchev–Trinajstić information content (AvgIpc) is 3.23. The molecule has 2 aromatic heterocycles. The van der Waals surface area contributed by atoms with Crippen molar-refractivity contribution < 1.29 is 9.53 Å². The van der Waals surface area contributed by atoms with Crippen LogP contribution >= 0.6 is 11.3 Å². The summed E-state index contributed by atoms with van der Waals surface area (Å²) in [5, 5.41) is 16.8. The van der Waals surface area contributed by atoms with Crippen LogP contribution in [0, 0.1) is 32.1 Å². The van der Waals surface area contributed by atoms with Crippen molar-refractivity contribution in [3.8, 4) is 23.1 Å². The standard InChI is InChI=1S/C22H25N5O2S/c1-14-19(15(2)27(26-14)13-5-12-23)10-11-20(28)24-22-25-21(16(3)30-22)17-6-8-18(29-4)9-7-17/h6-9H,5,10-11,13H2,1-4H3,(H,24,25,28). The summed E-state index contributed by atoms with van der Waals surface area (Å²) < 4.78 is 7.04. The molecule has 3 rings (SSSR count). The van der Waals surface area contributed by atoms with E-state index < -0.39 is 0 Å². The van der Waals surface area contributed by atoms with Gasteiger partial charge in [0.05, 0.1) is 37.5 Å². The van der Waals surface area contributed by atoms with Crippen LogP contribution in [0.2, 0.25) is 0 Å². The average molecular weight is 424 g/mol. The minimum atomic E-state index is -0.0754. The second-order valence-electron chi connectivity index (χ2n) is 6.98. The molecule has 0 aliphatic heterocycles. The quantitative estimate of drug-likeness (QED) is 0.579. The van der Waals surface area contributed by atoms with Crippen molar-refractivity contribution in [3.63, 3.8) is 0 Å². The Morgan fingerprint density at radius 1 is 1.27 bits per heavy atom. The van der Waals surface area contributed by atoms with E-state index in [0.29, 0.717) is 30.9 Å². The molecule has 0 atom stereocenters. The number of ether oxygens (including phenoxy) is 1. The maximum Gasteiger partial charge on any atom is 0.226 e. The maximum absolute atomic E-state index is 12.5. The Labute approximate surface area is 180 Å². The minimum Gasteiger partial charge on any atom is -0.497 e. The summed E-state index contributed by atoms with van der Waals surface area (Å²) >= 11 is 1.47. The van der Waals surface area contributed by atoms with E-state index in [-0.39, 0.29) is 5.91 Å². The molecular weight excluding hydrogens is 398 g/mol. The first-order chi connectivity index (χ1) is 14.4. The largest absolute Gasteiger partial charge is 0.497 e. The van der Waals surface area contributed by atoms with E-state index in [9.17, 15) is 4.79 Å². The smallest absolute Gasteiger partial charge is 0.226 e. The molecule has 30 heavy (non-hydrogen) atoms. The molecule has 0 radical (unpaired) electrons. The molecule has 0 bridgehead atoms. The van der Waals surface area contributed by atoms with Crippen LogP contribution < -0.4 is 10.1 Å². The summed E-state index contributed by atoms with van der Waals surface area (Å²) in [7, 11) is 1.64. The van der Waals surface area contributed by atoms with Gasteiger partial charge in [0, 0.05) is 22.6 Å². The maximum atomic E-state index is 12.5. The number of hydrogen-bond acceptors (Lipinski definition) is 6. The predicted octanol–water partition coefficient (Wildman–Crippen LogP) is 4.43. The number of carbonyl (C=O) groups is 1. The van der Waals surface area contributed by atoms with Crippen molar-refractivity contribution in [2.24, 2.45) is 0 Å². The molecule has 0 saturated carbocycles. The Morgan fingerprint density at radius 3 is 2.67 bits per heavy atom. The predicted molar refractivity (Wildman–Crippen MR) is 118 cm³/mol. The lowest BCUT2D eigenvalue weighted by Gasteiger charge is -2.04. The van der Waals surface area contributed by atoms with Gasteiger partial charge in [0.2, 0.25) is 5.91 Å². The molecule has 156 valence electrons. The summed E-state index contributed by atoms with van der Waals surface area (Å²) in [6.07, 6.45) is 1.37. The molecule has 3 aromatic rings. The van der Waals surface area contributed by atoms with Crippen LogP contribution in [-0.4, -0.2) is 27.8 Å². The number of nitrogens with zero attached hydrogens (tertiary/aromatic N) is 4. The van der Waals surface area contributed by atoms with Gasteiger partial charge in [0.25, 0.3) is 0 Å². The summed E-state index contributed by atoms with van der Waals surface area (Å²) in [6.45, 7) is 6.49. The highest BCUT2D eigenvalue weighted by molar-refractivity contribution is 7.16. The van der Waals surface area contributed by atoms with Crippen molar-refractivity contribution in [2.45, 2.75) is 46.6 Å². The monoisotopic (exact) mass is 423 g/mol. The molecule has 0 unspecified atom stereocenters. The summed E-state index contributed by atoms with van der Waals surface area (Å²) in [5.41, 5.74) is 4.84. The highest BCUT2D eigenvalue weighted by atomic mass is 32.1. The van der Waals surface area contributed by atoms with Crippen molar-refractivity contribution in [3.05, 3.63) is 46.1 Å². The van der Waals surface area contributed by atoms with Crippen molar-refractivity contribution in [1.82, 2.24) is 14.8 Å². The van der Waals surface area contributed by atoms with E-state index in [1.807, 2.05) is 49.7 Å². The fraction of sp³-hybridized carbons (Fsp3) is 0.364. The number of hydrogen-bond donors (Lipinski definition) is 1. The van der Waals surface area contributed by atoms with Crippen LogP contribution in [0.15, 0.2) is 24.3 Å². The van der Waals surface area contributed by atoms with Gasteiger partial charge in [-0.15, -0.1) is 11.3 Å². The van der Waals surface area contributed by atoms with Gasteiger partial charge in [0.15, 0.2) is 5.13 Å². The van der Waals surface area contributed by atoms with Gasteiger partial charge in [-0.05, 0) is 57.0 Å². The molecule has 1 amide bonds. The zero-order valence-electron chi connectivity index (χ0n) is 17.7. The number of anilines is 1. The Kier molecular flexibility index (Phi) is 6.85. The molecule has 0 saturated heterocycles. The third-order valence-corrected chi connectivity index (χ3v) is 5.86. The second kappa shape index (κ2) is 9.55. The number of aryl methyl sites for hydroxylation is 3. The van der Waals surface area contributed by atoms with Crippen LogP contribution in [0.25, 0.3) is 11.3 Å². The van der Waals surface area contributed by atoms with E-state index in [0.717, 1.165) is 38.8 Å². The van der Waals surface area contributed by atoms with E-state index in [1.165, 1.54) is 11.3 Å². The highest BCUT2D eigenvalue weighted by Crippen LogP contribution is 2.31. The van der Waals surface area contributed by atoms with Gasteiger partial charge >= 0.3 is 0 Å². The van der Waals surface area contributed by atoms with Crippen LogP contribution in [0.5, 0.6) is 5.75 Å². The first kappa shape index (κ1) is 21.5. The fourth-order valence-electron chi connectivity index (χ4n) is 3.36. The third-order valence-electron chi connectivity index (χ3n) is 4.98. The molecular formula is C22H25N5O2S. The van der Waals surface area contributed by atoms with Crippen LogP contribution in [0.4, 0.5) is 5.13 Å². The normalized spacial score (nSPS) is 10.6. The lowest BCUT2D eigenvalue weighted by atomic mass is 10.1. The number of methoxy groups -OCH3 is 1. The summed E-state index contributed by atoms with van der Waals surface area (Å²) in [5.74, 6) is 0.718. The Balaban J connectivity index is 1.63. The fourth-order valence-corrected chi connectivity index (χ4v) is 4.21. The zero-order valence-corrected chi connectivity index (χ0v) is 18.5. The van der Waals surface area contributed by atoms with Crippen molar-refractivity contribution >= 4 is 22.4 Å². The number of aromatic nitrogens is 3. The SMILES string of the molecule is COc1ccc(-c2nc(NC(=O)CCc3c(C)nn(CCC#N)c3C)sc2C)cc1. The molecule has 0 aliphatic carbocycles. The molecule has 8 heteroatoms. The topological polar surface area (TPSA) is 92.8 Å². The number of carbonyl (C=O) groups excluding carboxylic acids is 1. The molecule has 1 N–H and O–H groups in total. The number of amides is 1. The Morgan fingerprint density at radius 2 is 2.00 bits per heavy atom. The van der Waals surface area contributed by atoms with Gasteiger partial charge < -0.3 is 10.1 Å². The number of rotatable bonds is 8. The van der Waals surface area contributed by atoms with E-state index in [2.05, 4.69) is 21.5 Å². The minimum absolute atomic E-state index is 0.0754. The Bertz CT molecular complexity index is 1080. The Hall–Kier alpha value is -3.18. The molecule has 0 spiro atoms. The first-order valence-corrected chi connectivity index (χ1v) is 10.6. The van der Waals surface area contributed by atoms with Crippen molar-refractivity contribution in [1.29, 1.82) is 5.26 Å². The van der Waals surface area contributed by atoms with E-state index >= 15 is 0 Å².